The molecular formula is C10H15Cl3OTi. The Morgan fingerprint density at radius 1 is 1.20 bits per heavy atom. The summed E-state index contributed by atoms with van der Waals surface area (Å²) in [6.45, 7) is 5.29. The molecule has 5 heteroatoms. The van der Waals surface area contributed by atoms with Crippen molar-refractivity contribution in [3.05, 3.63) is 20.6 Å². The van der Waals surface area contributed by atoms with Crippen LogP contribution in [0.15, 0.2) is 20.6 Å². The molecule has 1 aliphatic carbocycles. The number of methoxy groups -OCH3 is 1. The minimum Gasteiger partial charge on any atom is -1.00 e. The summed E-state index contributed by atoms with van der Waals surface area (Å²) < 4.78 is 6.56. The Labute approximate surface area is 123 Å². The predicted octanol–water partition coefficient (Wildman–Crippen LogP) is -6.42. The second-order valence-electron chi connectivity index (χ2n) is 3.30. The number of allylic oxidation sites excluding steroid dienone is 3. The third-order valence-electron chi connectivity index (χ3n) is 2.46. The molecule has 0 unspecified atom stereocenters. The molecule has 0 aromatic carbocycles. The van der Waals surface area contributed by atoms with Gasteiger partial charge in [0.2, 0.25) is 0 Å². The largest absolute Gasteiger partial charge is 1.00 e. The van der Waals surface area contributed by atoms with Crippen molar-refractivity contribution in [2.75, 3.05) is 13.7 Å². The van der Waals surface area contributed by atoms with Crippen LogP contribution in [0, 0.1) is 0 Å². The Morgan fingerprint density at radius 2 is 1.73 bits per heavy atom. The van der Waals surface area contributed by atoms with Crippen molar-refractivity contribution in [2.24, 2.45) is 0 Å². The molecule has 0 atom stereocenters. The van der Waals surface area contributed by atoms with Crippen molar-refractivity contribution >= 4 is 0 Å². The molecule has 0 aliphatic heterocycles. The van der Waals surface area contributed by atoms with E-state index >= 15 is 0 Å². The van der Waals surface area contributed by atoms with Crippen molar-refractivity contribution in [1.29, 1.82) is 0 Å². The standard InChI is InChI=1S/C10H15O.3ClH.Ti/c1-8-6-10(4-5-11-3)7-9(8)2;;;;/h4-6H2,1-3H3;3*1H;/q;;;;+3/p-3. The first-order valence-electron chi connectivity index (χ1n) is 4.26. The van der Waals surface area contributed by atoms with Crippen LogP contribution in [0.3, 0.4) is 0 Å². The quantitative estimate of drug-likeness (QED) is 0.471. The van der Waals surface area contributed by atoms with E-state index in [0.29, 0.717) is 0 Å². The molecule has 0 amide bonds. The van der Waals surface area contributed by atoms with Gasteiger partial charge in [0.15, 0.2) is 0 Å². The Hall–Kier alpha value is 1.02. The number of hydrogen-bond acceptors (Lipinski definition) is 1. The van der Waals surface area contributed by atoms with Crippen LogP contribution < -0.4 is 37.2 Å². The number of halogens is 3. The Kier molecular flexibility index (Phi) is 14.5. The normalized spacial score (nSPS) is 14.5. The van der Waals surface area contributed by atoms with Gasteiger partial charge in [0, 0.05) is 0 Å². The molecule has 1 nitrogen and oxygen atoms in total. The fourth-order valence-electron chi connectivity index (χ4n) is 1.46. The van der Waals surface area contributed by atoms with Crippen LogP contribution in [-0.2, 0) is 25.2 Å². The van der Waals surface area contributed by atoms with Crippen LogP contribution in [0.5, 0.6) is 0 Å². The van der Waals surface area contributed by atoms with Crippen LogP contribution in [0.4, 0.5) is 0 Å². The van der Waals surface area contributed by atoms with E-state index in [4.69, 9.17) is 4.74 Å². The van der Waals surface area contributed by atoms with Crippen molar-refractivity contribution in [2.45, 2.75) is 26.7 Å². The van der Waals surface area contributed by atoms with Crippen LogP contribution in [0.25, 0.3) is 0 Å². The molecule has 0 saturated heterocycles. The van der Waals surface area contributed by atoms with E-state index in [-0.39, 0.29) is 37.2 Å². The van der Waals surface area contributed by atoms with Crippen LogP contribution in [0.2, 0.25) is 0 Å². The zero-order valence-corrected chi connectivity index (χ0v) is 13.0. The topological polar surface area (TPSA) is 9.23 Å². The van der Waals surface area contributed by atoms with E-state index in [0.717, 1.165) is 13.0 Å². The SMILES string of the molecule is COCCC1=[C]([Ti+3])C(C)=C(C)C1.[Cl-].[Cl-].[Cl-]. The minimum atomic E-state index is 0. The van der Waals surface area contributed by atoms with Gasteiger partial charge in [-0.25, -0.2) is 0 Å². The van der Waals surface area contributed by atoms with E-state index in [9.17, 15) is 0 Å². The molecule has 0 spiro atoms. The molecule has 0 radical (unpaired) electrons. The molecule has 0 N–H and O–H groups in total. The summed E-state index contributed by atoms with van der Waals surface area (Å²) in [7, 11) is 1.76. The second kappa shape index (κ2) is 10.2. The van der Waals surface area contributed by atoms with Gasteiger partial charge in [-0.15, -0.1) is 0 Å². The van der Waals surface area contributed by atoms with Gasteiger partial charge in [-0.05, 0) is 0 Å². The van der Waals surface area contributed by atoms with Crippen molar-refractivity contribution in [1.82, 2.24) is 0 Å². The van der Waals surface area contributed by atoms with E-state index in [1.807, 2.05) is 0 Å². The molecule has 0 saturated carbocycles. The zero-order valence-electron chi connectivity index (χ0n) is 9.16. The average Bonchev–Trinajstić information content (AvgIpc) is 2.30. The van der Waals surface area contributed by atoms with Gasteiger partial charge < -0.3 is 37.2 Å². The van der Waals surface area contributed by atoms with Crippen LogP contribution >= 0.6 is 0 Å². The maximum absolute atomic E-state index is 5.07. The number of rotatable bonds is 3. The third kappa shape index (κ3) is 5.77. The Morgan fingerprint density at radius 3 is 2.07 bits per heavy atom. The summed E-state index contributed by atoms with van der Waals surface area (Å²) in [5.74, 6) is 0. The molecule has 0 bridgehead atoms. The molecule has 0 aromatic rings. The fourth-order valence-corrected chi connectivity index (χ4v) is 2.12. The van der Waals surface area contributed by atoms with E-state index in [1.54, 1.807) is 12.7 Å². The summed E-state index contributed by atoms with van der Waals surface area (Å²) in [6.07, 6.45) is 2.26. The van der Waals surface area contributed by atoms with Crippen LogP contribution in [-0.4, -0.2) is 13.7 Å². The van der Waals surface area contributed by atoms with Gasteiger partial charge in [-0.3, -0.25) is 0 Å². The molecule has 1 aliphatic rings. The van der Waals surface area contributed by atoms with Gasteiger partial charge in [0.05, 0.1) is 0 Å². The van der Waals surface area contributed by atoms with Gasteiger partial charge >= 0.3 is 86.2 Å². The molecule has 15 heavy (non-hydrogen) atoms. The Bertz CT molecular complexity index is 249. The summed E-state index contributed by atoms with van der Waals surface area (Å²) in [5.41, 5.74) is 4.58. The van der Waals surface area contributed by atoms with E-state index < -0.39 is 0 Å². The summed E-state index contributed by atoms with van der Waals surface area (Å²) in [6, 6.07) is 0. The summed E-state index contributed by atoms with van der Waals surface area (Å²) in [5, 5.41) is 0. The molecule has 0 fully saturated rings. The van der Waals surface area contributed by atoms with Gasteiger partial charge in [-0.1, -0.05) is 0 Å². The monoisotopic (exact) mass is 304 g/mol. The molecule has 0 heterocycles. The Balaban J connectivity index is -0.000000480. The van der Waals surface area contributed by atoms with E-state index in [2.05, 4.69) is 34.3 Å². The second-order valence-corrected chi connectivity index (χ2v) is 4.08. The molecular weight excluding hydrogens is 290 g/mol. The summed E-state index contributed by atoms with van der Waals surface area (Å²) in [4.78, 5) is 0. The minimum absolute atomic E-state index is 0. The zero-order chi connectivity index (χ0) is 9.14. The average molecular weight is 305 g/mol. The van der Waals surface area contributed by atoms with Crippen molar-refractivity contribution < 1.29 is 62.4 Å². The molecule has 86 valence electrons. The maximum Gasteiger partial charge on any atom is -1.00 e. The smallest absolute Gasteiger partial charge is 1.00 e. The first kappa shape index (κ1) is 21.3. The predicted molar refractivity (Wildman–Crippen MR) is 46.5 cm³/mol. The number of ether oxygens (including phenoxy) is 1. The first-order chi connectivity index (χ1) is 5.66. The maximum atomic E-state index is 5.07. The van der Waals surface area contributed by atoms with Gasteiger partial charge in [0.1, 0.15) is 0 Å². The third-order valence-corrected chi connectivity index (χ3v) is 3.59. The first-order valence-corrected chi connectivity index (χ1v) is 5.04. The molecule has 1 rings (SSSR count). The van der Waals surface area contributed by atoms with Gasteiger partial charge in [0.25, 0.3) is 0 Å². The van der Waals surface area contributed by atoms with Crippen molar-refractivity contribution in [3.63, 3.8) is 0 Å². The van der Waals surface area contributed by atoms with Crippen molar-refractivity contribution in [3.8, 4) is 0 Å². The van der Waals surface area contributed by atoms with E-state index in [1.165, 1.54) is 21.4 Å². The number of hydrogen-bond donors (Lipinski definition) is 0. The summed E-state index contributed by atoms with van der Waals surface area (Å²) >= 11 is 2.22. The van der Waals surface area contributed by atoms with Gasteiger partial charge in [-0.2, -0.15) is 0 Å². The molecule has 0 aromatic heterocycles. The fraction of sp³-hybridized carbons (Fsp3) is 0.600. The van der Waals surface area contributed by atoms with Crippen LogP contribution in [0.1, 0.15) is 26.7 Å².